The van der Waals surface area contributed by atoms with Crippen molar-refractivity contribution in [2.75, 3.05) is 19.3 Å². The molecule has 0 amide bonds. The van der Waals surface area contributed by atoms with Gasteiger partial charge in [0.25, 0.3) is 0 Å². The number of piperidine rings is 1. The van der Waals surface area contributed by atoms with Gasteiger partial charge in [-0.2, -0.15) is 5.10 Å². The zero-order valence-corrected chi connectivity index (χ0v) is 13.9. The highest BCUT2D eigenvalue weighted by Crippen LogP contribution is 2.19. The van der Waals surface area contributed by atoms with Crippen LogP contribution in [0.4, 0.5) is 0 Å². The zero-order chi connectivity index (χ0) is 15.5. The monoisotopic (exact) mass is 314 g/mol. The molecule has 1 aromatic rings. The van der Waals surface area contributed by atoms with Crippen LogP contribution in [-0.4, -0.2) is 47.9 Å². The van der Waals surface area contributed by atoms with E-state index in [0.29, 0.717) is 25.0 Å². The van der Waals surface area contributed by atoms with Gasteiger partial charge in [0.05, 0.1) is 12.5 Å². The van der Waals surface area contributed by atoms with Crippen LogP contribution in [0.1, 0.15) is 32.3 Å². The van der Waals surface area contributed by atoms with Gasteiger partial charge in [0, 0.05) is 44.0 Å². The Morgan fingerprint density at radius 1 is 1.48 bits per heavy atom. The van der Waals surface area contributed by atoms with Gasteiger partial charge in [-0.15, -0.1) is 0 Å². The molecule has 120 valence electrons. The first-order valence-electron chi connectivity index (χ1n) is 7.60. The lowest BCUT2D eigenvalue weighted by Crippen LogP contribution is -2.49. The maximum Gasteiger partial charge on any atom is 0.211 e. The molecule has 2 rings (SSSR count). The molecule has 1 fully saturated rings. The number of hydrogen-bond acceptors (Lipinski definition) is 4. The number of rotatable bonds is 6. The fraction of sp³-hybridized carbons (Fsp3) is 0.786. The molecule has 1 saturated heterocycles. The Kier molecular flexibility index (Phi) is 5.40. The van der Waals surface area contributed by atoms with Crippen LogP contribution in [0.5, 0.6) is 0 Å². The van der Waals surface area contributed by atoms with Gasteiger partial charge in [-0.1, -0.05) is 13.8 Å². The van der Waals surface area contributed by atoms with Crippen LogP contribution in [-0.2, 0) is 23.1 Å². The molecule has 0 saturated carbocycles. The molecule has 2 heterocycles. The fourth-order valence-corrected chi connectivity index (χ4v) is 3.75. The first-order valence-corrected chi connectivity index (χ1v) is 9.44. The van der Waals surface area contributed by atoms with E-state index in [1.54, 1.807) is 4.31 Å². The second-order valence-corrected chi connectivity index (χ2v) is 7.97. The van der Waals surface area contributed by atoms with Crippen molar-refractivity contribution in [1.29, 1.82) is 0 Å². The molecule has 0 aromatic carbocycles. The molecule has 1 aromatic heterocycles. The Bertz CT molecular complexity index is 555. The summed E-state index contributed by atoms with van der Waals surface area (Å²) in [7, 11) is -3.06. The van der Waals surface area contributed by atoms with Gasteiger partial charge >= 0.3 is 0 Å². The third-order valence-electron chi connectivity index (χ3n) is 4.04. The van der Waals surface area contributed by atoms with Crippen LogP contribution < -0.4 is 5.32 Å². The van der Waals surface area contributed by atoms with Crippen molar-refractivity contribution in [1.82, 2.24) is 19.4 Å². The fourth-order valence-electron chi connectivity index (χ4n) is 2.81. The first kappa shape index (κ1) is 16.5. The third-order valence-corrected chi connectivity index (χ3v) is 5.31. The lowest BCUT2D eigenvalue weighted by Gasteiger charge is -2.36. The number of hydrogen-bond donors (Lipinski definition) is 1. The van der Waals surface area contributed by atoms with E-state index in [2.05, 4.69) is 30.5 Å². The van der Waals surface area contributed by atoms with E-state index in [1.807, 2.05) is 10.9 Å². The minimum atomic E-state index is -3.06. The van der Waals surface area contributed by atoms with Gasteiger partial charge in [0.1, 0.15) is 0 Å². The maximum absolute atomic E-state index is 11.6. The highest BCUT2D eigenvalue weighted by Gasteiger charge is 2.29. The smallest absolute Gasteiger partial charge is 0.211 e. The summed E-state index contributed by atoms with van der Waals surface area (Å²) >= 11 is 0. The van der Waals surface area contributed by atoms with E-state index in [1.165, 1.54) is 11.8 Å². The van der Waals surface area contributed by atoms with Crippen LogP contribution in [0, 0.1) is 5.92 Å². The van der Waals surface area contributed by atoms with E-state index in [9.17, 15) is 8.42 Å². The Balaban J connectivity index is 1.84. The van der Waals surface area contributed by atoms with Crippen LogP contribution >= 0.6 is 0 Å². The minimum Gasteiger partial charge on any atom is -0.309 e. The molecule has 0 spiro atoms. The molecule has 0 radical (unpaired) electrons. The second-order valence-electron chi connectivity index (χ2n) is 5.99. The lowest BCUT2D eigenvalue weighted by molar-refractivity contribution is 0.220. The lowest BCUT2D eigenvalue weighted by atomic mass is 9.95. The van der Waals surface area contributed by atoms with E-state index in [-0.39, 0.29) is 0 Å². The standard InChI is InChI=1S/C14H26N4O2S/c1-4-6-17-11-13(9-16-17)8-15-14-5-7-18(10-12(14)2)21(3,19)20/h9,11-12,14-15H,4-8,10H2,1-3H3/t12-,14+/m0/s1. The average molecular weight is 314 g/mol. The zero-order valence-electron chi connectivity index (χ0n) is 13.1. The summed E-state index contributed by atoms with van der Waals surface area (Å²) in [5, 5.41) is 7.86. The Morgan fingerprint density at radius 3 is 2.86 bits per heavy atom. The molecule has 0 unspecified atom stereocenters. The summed E-state index contributed by atoms with van der Waals surface area (Å²) in [6, 6.07) is 0.359. The van der Waals surface area contributed by atoms with E-state index in [4.69, 9.17) is 0 Å². The number of aryl methyl sites for hydroxylation is 1. The molecule has 0 aliphatic carbocycles. The van der Waals surface area contributed by atoms with Gasteiger partial charge in [-0.25, -0.2) is 12.7 Å². The maximum atomic E-state index is 11.6. The summed E-state index contributed by atoms with van der Waals surface area (Å²) in [5.41, 5.74) is 1.18. The molecule has 7 heteroatoms. The molecule has 21 heavy (non-hydrogen) atoms. The van der Waals surface area contributed by atoms with Crippen molar-refractivity contribution in [3.05, 3.63) is 18.0 Å². The molecule has 1 N–H and O–H groups in total. The average Bonchev–Trinajstić information content (AvgIpc) is 2.84. The molecule has 1 aliphatic rings. The number of nitrogens with one attached hydrogen (secondary N) is 1. The minimum absolute atomic E-state index is 0.319. The van der Waals surface area contributed by atoms with Gasteiger partial charge in [0.15, 0.2) is 0 Å². The number of sulfonamides is 1. The normalized spacial score (nSPS) is 24.3. The molecule has 2 atom stereocenters. The molecule has 0 bridgehead atoms. The van der Waals surface area contributed by atoms with Gasteiger partial charge < -0.3 is 5.32 Å². The van der Waals surface area contributed by atoms with E-state index < -0.39 is 10.0 Å². The van der Waals surface area contributed by atoms with Gasteiger partial charge in [0.2, 0.25) is 10.0 Å². The van der Waals surface area contributed by atoms with Crippen molar-refractivity contribution in [3.8, 4) is 0 Å². The summed E-state index contributed by atoms with van der Waals surface area (Å²) < 4.78 is 26.7. The van der Waals surface area contributed by atoms with E-state index in [0.717, 1.165) is 25.9 Å². The molecule has 6 nitrogen and oxygen atoms in total. The van der Waals surface area contributed by atoms with Crippen molar-refractivity contribution >= 4 is 10.0 Å². The van der Waals surface area contributed by atoms with Crippen LogP contribution in [0.2, 0.25) is 0 Å². The van der Waals surface area contributed by atoms with Gasteiger partial charge in [-0.3, -0.25) is 4.68 Å². The Labute approximate surface area is 127 Å². The first-order chi connectivity index (χ1) is 9.90. The van der Waals surface area contributed by atoms with Crippen molar-refractivity contribution in [2.45, 2.75) is 45.8 Å². The highest BCUT2D eigenvalue weighted by atomic mass is 32.2. The number of aromatic nitrogens is 2. The SMILES string of the molecule is CCCn1cc(CN[C@@H]2CCN(S(C)(=O)=O)C[C@@H]2C)cn1. The topological polar surface area (TPSA) is 67.2 Å². The predicted octanol–water partition coefficient (Wildman–Crippen LogP) is 1.05. The Hall–Kier alpha value is -0.920. The highest BCUT2D eigenvalue weighted by molar-refractivity contribution is 7.88. The van der Waals surface area contributed by atoms with Crippen LogP contribution in [0.3, 0.4) is 0 Å². The number of nitrogens with zero attached hydrogens (tertiary/aromatic N) is 3. The van der Waals surface area contributed by atoms with Crippen LogP contribution in [0.25, 0.3) is 0 Å². The van der Waals surface area contributed by atoms with E-state index >= 15 is 0 Å². The summed E-state index contributed by atoms with van der Waals surface area (Å²) in [6.45, 7) is 7.19. The summed E-state index contributed by atoms with van der Waals surface area (Å²) in [5.74, 6) is 0.319. The Morgan fingerprint density at radius 2 is 2.24 bits per heavy atom. The van der Waals surface area contributed by atoms with Crippen molar-refractivity contribution in [2.24, 2.45) is 5.92 Å². The second kappa shape index (κ2) is 6.89. The summed E-state index contributed by atoms with van der Waals surface area (Å²) in [6.07, 6.45) is 7.20. The van der Waals surface area contributed by atoms with Crippen molar-refractivity contribution in [3.63, 3.8) is 0 Å². The predicted molar refractivity (Wildman–Crippen MR) is 83.3 cm³/mol. The largest absolute Gasteiger partial charge is 0.309 e. The van der Waals surface area contributed by atoms with Crippen LogP contribution in [0.15, 0.2) is 12.4 Å². The van der Waals surface area contributed by atoms with Crippen molar-refractivity contribution < 1.29 is 8.42 Å². The molecular formula is C14H26N4O2S. The molecular weight excluding hydrogens is 288 g/mol. The quantitative estimate of drug-likeness (QED) is 0.852. The third kappa shape index (κ3) is 4.52. The summed E-state index contributed by atoms with van der Waals surface area (Å²) in [4.78, 5) is 0. The van der Waals surface area contributed by atoms with Gasteiger partial charge in [-0.05, 0) is 18.8 Å². The molecule has 1 aliphatic heterocycles.